The van der Waals surface area contributed by atoms with Crippen molar-refractivity contribution in [3.63, 3.8) is 0 Å². The Kier molecular flexibility index (Phi) is 6.37. The van der Waals surface area contributed by atoms with E-state index in [1.54, 1.807) is 17.0 Å². The van der Waals surface area contributed by atoms with Gasteiger partial charge in [0.05, 0.1) is 19.7 Å². The topological polar surface area (TPSA) is 73.7 Å². The highest BCUT2D eigenvalue weighted by atomic mass is 19.1. The molecule has 0 aliphatic carbocycles. The third kappa shape index (κ3) is 5.16. The number of carbonyl (C=O) groups excluding carboxylic acids is 1. The van der Waals surface area contributed by atoms with Crippen LogP contribution in [0.3, 0.4) is 0 Å². The second-order valence-corrected chi connectivity index (χ2v) is 7.10. The molecule has 0 bridgehead atoms. The molecule has 1 amide bonds. The number of carbonyl (C=O) groups is 1. The highest BCUT2D eigenvalue weighted by molar-refractivity contribution is 5.92. The van der Waals surface area contributed by atoms with Gasteiger partial charge in [-0.2, -0.15) is 5.10 Å². The smallest absolute Gasteiger partial charge is 0.274 e. The Morgan fingerprint density at radius 3 is 2.65 bits per heavy atom. The Morgan fingerprint density at radius 1 is 1.10 bits per heavy atom. The van der Waals surface area contributed by atoms with Crippen LogP contribution in [0.4, 0.5) is 4.39 Å². The zero-order valence-electron chi connectivity index (χ0n) is 16.8. The van der Waals surface area contributed by atoms with Gasteiger partial charge in [0.15, 0.2) is 0 Å². The van der Waals surface area contributed by atoms with Gasteiger partial charge in [-0.15, -0.1) is 0 Å². The molecular weight excluding hydrogens is 401 g/mol. The van der Waals surface area contributed by atoms with E-state index in [9.17, 15) is 14.0 Å². The summed E-state index contributed by atoms with van der Waals surface area (Å²) in [7, 11) is 0. The molecule has 0 unspecified atom stereocenters. The van der Waals surface area contributed by atoms with Gasteiger partial charge in [0, 0.05) is 12.6 Å². The van der Waals surface area contributed by atoms with Crippen molar-refractivity contribution in [3.8, 4) is 5.75 Å². The minimum absolute atomic E-state index is 0.180. The monoisotopic (exact) mass is 423 g/mol. The largest absolute Gasteiger partial charge is 0.492 e. The summed E-state index contributed by atoms with van der Waals surface area (Å²) in [6.07, 6.45) is -0.344. The molecule has 0 spiro atoms. The van der Waals surface area contributed by atoms with Crippen LogP contribution in [0.1, 0.15) is 22.2 Å². The predicted molar refractivity (Wildman–Crippen MR) is 111 cm³/mol. The fourth-order valence-corrected chi connectivity index (χ4v) is 3.36. The van der Waals surface area contributed by atoms with Gasteiger partial charge in [-0.3, -0.25) is 9.59 Å². The van der Waals surface area contributed by atoms with Gasteiger partial charge in [0.1, 0.15) is 30.0 Å². The Morgan fingerprint density at radius 2 is 1.87 bits per heavy atom. The molecule has 1 atom stereocenters. The van der Waals surface area contributed by atoms with E-state index >= 15 is 0 Å². The molecule has 2 aromatic carbocycles. The number of hydrogen-bond acceptors (Lipinski definition) is 5. The summed E-state index contributed by atoms with van der Waals surface area (Å²) in [6, 6.07) is 18.1. The van der Waals surface area contributed by atoms with Crippen molar-refractivity contribution >= 4 is 5.91 Å². The maximum Gasteiger partial charge on any atom is 0.274 e. The van der Waals surface area contributed by atoms with E-state index in [2.05, 4.69) is 5.10 Å². The molecule has 1 saturated heterocycles. The van der Waals surface area contributed by atoms with E-state index in [0.717, 1.165) is 5.56 Å². The zero-order chi connectivity index (χ0) is 21.6. The number of amides is 1. The van der Waals surface area contributed by atoms with E-state index < -0.39 is 0 Å². The molecular formula is C23H22FN3O4. The van der Waals surface area contributed by atoms with Gasteiger partial charge in [-0.05, 0) is 35.9 Å². The van der Waals surface area contributed by atoms with Crippen molar-refractivity contribution in [1.29, 1.82) is 0 Å². The van der Waals surface area contributed by atoms with Gasteiger partial charge in [-0.1, -0.05) is 30.3 Å². The lowest BCUT2D eigenvalue weighted by Gasteiger charge is -2.33. The lowest BCUT2D eigenvalue weighted by molar-refractivity contribution is -0.0231. The predicted octanol–water partition coefficient (Wildman–Crippen LogP) is 2.68. The fraction of sp³-hybridized carbons (Fsp3) is 0.261. The number of halogens is 1. The summed E-state index contributed by atoms with van der Waals surface area (Å²) in [5, 5.41) is 4.23. The SMILES string of the molecule is O=C(c1ccc(=O)n(CCOc2ccccc2)n1)N1CCO[C@@H](c2ccc(F)cc2)C1. The second-order valence-electron chi connectivity index (χ2n) is 7.10. The summed E-state index contributed by atoms with van der Waals surface area (Å²) in [4.78, 5) is 26.8. The van der Waals surface area contributed by atoms with Crippen LogP contribution in [-0.4, -0.2) is 46.9 Å². The number of ether oxygens (including phenoxy) is 2. The Bertz CT molecular complexity index is 1090. The molecule has 7 nitrogen and oxygen atoms in total. The quantitative estimate of drug-likeness (QED) is 0.610. The molecule has 8 heteroatoms. The fourth-order valence-electron chi connectivity index (χ4n) is 3.36. The lowest BCUT2D eigenvalue weighted by Crippen LogP contribution is -2.43. The zero-order valence-corrected chi connectivity index (χ0v) is 16.8. The number of para-hydroxylation sites is 1. The minimum atomic E-state index is -0.344. The van der Waals surface area contributed by atoms with Gasteiger partial charge < -0.3 is 14.4 Å². The highest BCUT2D eigenvalue weighted by Crippen LogP contribution is 2.23. The van der Waals surface area contributed by atoms with E-state index in [4.69, 9.17) is 9.47 Å². The summed E-state index contributed by atoms with van der Waals surface area (Å²) in [5.41, 5.74) is 0.674. The van der Waals surface area contributed by atoms with Crippen LogP contribution in [-0.2, 0) is 11.3 Å². The molecule has 31 heavy (non-hydrogen) atoms. The van der Waals surface area contributed by atoms with Crippen LogP contribution in [0.5, 0.6) is 5.75 Å². The van der Waals surface area contributed by atoms with Crippen LogP contribution in [0.25, 0.3) is 0 Å². The summed E-state index contributed by atoms with van der Waals surface area (Å²) in [5.74, 6) is 0.0891. The van der Waals surface area contributed by atoms with E-state index in [-0.39, 0.29) is 42.2 Å². The minimum Gasteiger partial charge on any atom is -0.492 e. The maximum absolute atomic E-state index is 13.2. The first-order valence-corrected chi connectivity index (χ1v) is 10.0. The Labute approximate surface area is 178 Å². The van der Waals surface area contributed by atoms with Gasteiger partial charge in [0.25, 0.3) is 11.5 Å². The number of benzene rings is 2. The first-order chi connectivity index (χ1) is 15.1. The van der Waals surface area contributed by atoms with E-state index in [0.29, 0.717) is 25.4 Å². The van der Waals surface area contributed by atoms with Crippen LogP contribution < -0.4 is 10.3 Å². The Balaban J connectivity index is 1.42. The van der Waals surface area contributed by atoms with Crippen molar-refractivity contribution < 1.29 is 18.7 Å². The third-order valence-corrected chi connectivity index (χ3v) is 5.00. The first kappa shape index (κ1) is 20.7. The molecule has 0 N–H and O–H groups in total. The number of hydrogen-bond donors (Lipinski definition) is 0. The molecule has 0 saturated carbocycles. The van der Waals surface area contributed by atoms with Crippen molar-refractivity contribution in [3.05, 3.63) is 94.2 Å². The molecule has 0 radical (unpaired) electrons. The average Bonchev–Trinajstić information content (AvgIpc) is 2.81. The number of rotatable bonds is 6. The standard InChI is InChI=1S/C23H22FN3O4/c24-18-8-6-17(7-9-18)21-16-26(12-14-31-21)23(29)20-10-11-22(28)27(25-20)13-15-30-19-4-2-1-3-5-19/h1-11,21H,12-16H2/t21-/m1/s1. The van der Waals surface area contributed by atoms with Gasteiger partial charge in [-0.25, -0.2) is 9.07 Å². The third-order valence-electron chi connectivity index (χ3n) is 5.00. The van der Waals surface area contributed by atoms with Gasteiger partial charge >= 0.3 is 0 Å². The lowest BCUT2D eigenvalue weighted by atomic mass is 10.1. The normalized spacial score (nSPS) is 16.2. The summed E-state index contributed by atoms with van der Waals surface area (Å²) < 4.78 is 25.8. The van der Waals surface area contributed by atoms with Crippen LogP contribution >= 0.6 is 0 Å². The number of aromatic nitrogens is 2. The molecule has 4 rings (SSSR count). The second kappa shape index (κ2) is 9.53. The first-order valence-electron chi connectivity index (χ1n) is 10.0. The Hall–Kier alpha value is -3.52. The summed E-state index contributed by atoms with van der Waals surface area (Å²) >= 11 is 0. The van der Waals surface area contributed by atoms with Gasteiger partial charge in [0.2, 0.25) is 0 Å². The number of morpholine rings is 1. The van der Waals surface area contributed by atoms with Crippen molar-refractivity contribution in [1.82, 2.24) is 14.7 Å². The molecule has 3 aromatic rings. The highest BCUT2D eigenvalue weighted by Gasteiger charge is 2.27. The molecule has 1 aromatic heterocycles. The van der Waals surface area contributed by atoms with Crippen LogP contribution in [0, 0.1) is 5.82 Å². The molecule has 1 aliphatic rings. The van der Waals surface area contributed by atoms with E-state index in [1.165, 1.54) is 28.9 Å². The molecule has 160 valence electrons. The van der Waals surface area contributed by atoms with Crippen molar-refractivity contribution in [2.24, 2.45) is 0 Å². The van der Waals surface area contributed by atoms with Crippen molar-refractivity contribution in [2.45, 2.75) is 12.6 Å². The van der Waals surface area contributed by atoms with Crippen molar-refractivity contribution in [2.75, 3.05) is 26.3 Å². The molecule has 1 aliphatic heterocycles. The molecule has 2 heterocycles. The summed E-state index contributed by atoms with van der Waals surface area (Å²) in [6.45, 7) is 1.56. The average molecular weight is 423 g/mol. The van der Waals surface area contributed by atoms with Crippen LogP contribution in [0.2, 0.25) is 0 Å². The van der Waals surface area contributed by atoms with Crippen LogP contribution in [0.15, 0.2) is 71.5 Å². The maximum atomic E-state index is 13.2. The number of nitrogens with zero attached hydrogens (tertiary/aromatic N) is 3. The molecule has 1 fully saturated rings. The van der Waals surface area contributed by atoms with E-state index in [1.807, 2.05) is 30.3 Å².